The minimum Gasteiger partial charge on any atom is -0.481 e. The molecule has 9 heteroatoms. The van der Waals surface area contributed by atoms with E-state index in [1.54, 1.807) is 18.3 Å². The molecule has 0 saturated carbocycles. The Kier molecular flexibility index (Phi) is 3.84. The van der Waals surface area contributed by atoms with Gasteiger partial charge in [0.2, 0.25) is 16.0 Å². The Morgan fingerprint density at radius 2 is 2.11 bits per heavy atom. The second-order valence-electron chi connectivity index (χ2n) is 3.47. The lowest BCUT2D eigenvalue weighted by atomic mass is 10.3. The van der Waals surface area contributed by atoms with E-state index >= 15 is 0 Å². The van der Waals surface area contributed by atoms with Crippen molar-refractivity contribution in [3.8, 4) is 5.88 Å². The van der Waals surface area contributed by atoms with E-state index in [0.29, 0.717) is 23.8 Å². The lowest BCUT2D eigenvalue weighted by Crippen LogP contribution is -2.03. The van der Waals surface area contributed by atoms with Crippen LogP contribution in [0.5, 0.6) is 5.88 Å². The van der Waals surface area contributed by atoms with Gasteiger partial charge in [-0.2, -0.15) is 13.2 Å². The Hall–Kier alpha value is -1.90. The maximum absolute atomic E-state index is 12.3. The Morgan fingerprint density at radius 3 is 2.63 bits per heavy atom. The van der Waals surface area contributed by atoms with Crippen molar-refractivity contribution in [2.75, 3.05) is 12.4 Å². The van der Waals surface area contributed by atoms with Crippen LogP contribution in [0.4, 0.5) is 18.3 Å². The maximum atomic E-state index is 12.3. The average molecular weight is 290 g/mol. The topological polar surface area (TPSA) is 59.9 Å². The van der Waals surface area contributed by atoms with Crippen molar-refractivity contribution in [1.82, 2.24) is 15.2 Å². The first-order valence-corrected chi connectivity index (χ1v) is 5.94. The second-order valence-corrected chi connectivity index (χ2v) is 4.45. The van der Waals surface area contributed by atoms with Crippen LogP contribution < -0.4 is 10.1 Å². The van der Waals surface area contributed by atoms with E-state index in [2.05, 4.69) is 20.5 Å². The molecule has 0 amide bonds. The molecular formula is C10H9F3N4OS. The van der Waals surface area contributed by atoms with Gasteiger partial charge in [0, 0.05) is 18.8 Å². The van der Waals surface area contributed by atoms with Crippen LogP contribution in [0.1, 0.15) is 10.6 Å². The molecule has 5 nitrogen and oxygen atoms in total. The van der Waals surface area contributed by atoms with Gasteiger partial charge in [0.15, 0.2) is 0 Å². The quantitative estimate of drug-likeness (QED) is 0.937. The number of ether oxygens (including phenoxy) is 1. The molecule has 1 N–H and O–H groups in total. The van der Waals surface area contributed by atoms with Crippen molar-refractivity contribution in [3.63, 3.8) is 0 Å². The van der Waals surface area contributed by atoms with Crippen molar-refractivity contribution in [3.05, 3.63) is 28.9 Å². The third-order valence-corrected chi connectivity index (χ3v) is 3.04. The van der Waals surface area contributed by atoms with E-state index in [1.807, 2.05) is 0 Å². The molecule has 0 unspecified atom stereocenters. The zero-order chi connectivity index (χ0) is 13.9. The summed E-state index contributed by atoms with van der Waals surface area (Å²) in [7, 11) is 1.50. The summed E-state index contributed by atoms with van der Waals surface area (Å²) >= 11 is 0.463. The zero-order valence-electron chi connectivity index (χ0n) is 9.73. The molecule has 2 aromatic heterocycles. The SMILES string of the molecule is COc1ccc(CNc2nnc(C(F)(F)F)s2)cn1. The number of aromatic nitrogens is 3. The first-order valence-electron chi connectivity index (χ1n) is 5.12. The summed E-state index contributed by atoms with van der Waals surface area (Å²) in [5, 5.41) is 8.40. The Bertz CT molecular complexity index is 540. The maximum Gasteiger partial charge on any atom is 0.445 e. The van der Waals surface area contributed by atoms with Crippen LogP contribution >= 0.6 is 11.3 Å². The molecule has 0 spiro atoms. The molecule has 0 fully saturated rings. The van der Waals surface area contributed by atoms with Crippen LogP contribution in [-0.2, 0) is 12.7 Å². The van der Waals surface area contributed by atoms with Gasteiger partial charge < -0.3 is 10.1 Å². The van der Waals surface area contributed by atoms with E-state index in [-0.39, 0.29) is 5.13 Å². The highest BCUT2D eigenvalue weighted by molar-refractivity contribution is 7.15. The first-order chi connectivity index (χ1) is 8.99. The first kappa shape index (κ1) is 13.5. The van der Waals surface area contributed by atoms with Crippen LogP contribution in [0.2, 0.25) is 0 Å². The van der Waals surface area contributed by atoms with Gasteiger partial charge in [-0.1, -0.05) is 17.4 Å². The summed E-state index contributed by atoms with van der Waals surface area (Å²) in [6, 6.07) is 3.42. The monoisotopic (exact) mass is 290 g/mol. The highest BCUT2D eigenvalue weighted by Crippen LogP contribution is 2.33. The minimum atomic E-state index is -4.46. The van der Waals surface area contributed by atoms with Gasteiger partial charge in [0.05, 0.1) is 7.11 Å². The summed E-state index contributed by atoms with van der Waals surface area (Å²) in [5.74, 6) is 0.471. The number of alkyl halides is 3. The fourth-order valence-electron chi connectivity index (χ4n) is 1.22. The number of hydrogen-bond donors (Lipinski definition) is 1. The Labute approximate surface area is 110 Å². The predicted octanol–water partition coefficient (Wildman–Crippen LogP) is 2.57. The number of nitrogens with one attached hydrogen (secondary N) is 1. The van der Waals surface area contributed by atoms with Crippen molar-refractivity contribution < 1.29 is 17.9 Å². The van der Waals surface area contributed by atoms with Crippen molar-refractivity contribution >= 4 is 16.5 Å². The van der Waals surface area contributed by atoms with Crippen molar-refractivity contribution in [1.29, 1.82) is 0 Å². The number of nitrogens with zero attached hydrogens (tertiary/aromatic N) is 3. The number of halogens is 3. The third kappa shape index (κ3) is 3.53. The van der Waals surface area contributed by atoms with E-state index in [1.165, 1.54) is 7.11 Å². The molecule has 0 atom stereocenters. The third-order valence-electron chi connectivity index (χ3n) is 2.12. The smallest absolute Gasteiger partial charge is 0.445 e. The largest absolute Gasteiger partial charge is 0.481 e. The summed E-state index contributed by atoms with van der Waals surface area (Å²) in [6.45, 7) is 0.309. The molecule has 102 valence electrons. The lowest BCUT2D eigenvalue weighted by molar-refractivity contribution is -0.138. The van der Waals surface area contributed by atoms with Gasteiger partial charge >= 0.3 is 6.18 Å². The molecule has 2 rings (SSSR count). The molecule has 0 bridgehead atoms. The van der Waals surface area contributed by atoms with Gasteiger partial charge in [0.25, 0.3) is 0 Å². The van der Waals surface area contributed by atoms with E-state index < -0.39 is 11.2 Å². The van der Waals surface area contributed by atoms with Crippen LogP contribution in [-0.4, -0.2) is 22.3 Å². The molecule has 0 aliphatic carbocycles. The zero-order valence-corrected chi connectivity index (χ0v) is 10.5. The molecule has 0 aliphatic heterocycles. The van der Waals surface area contributed by atoms with Crippen LogP contribution in [0.15, 0.2) is 18.3 Å². The molecule has 0 aliphatic rings. The molecule has 0 aromatic carbocycles. The van der Waals surface area contributed by atoms with Gasteiger partial charge in [-0.05, 0) is 5.56 Å². The molecule has 0 saturated heterocycles. The second kappa shape index (κ2) is 5.39. The summed E-state index contributed by atoms with van der Waals surface area (Å²) < 4.78 is 41.8. The van der Waals surface area contributed by atoms with E-state index in [4.69, 9.17) is 4.74 Å². The molecular weight excluding hydrogens is 281 g/mol. The van der Waals surface area contributed by atoms with Gasteiger partial charge in [-0.25, -0.2) is 4.98 Å². The Morgan fingerprint density at radius 1 is 1.32 bits per heavy atom. The van der Waals surface area contributed by atoms with Crippen LogP contribution in [0.3, 0.4) is 0 Å². The summed E-state index contributed by atoms with van der Waals surface area (Å²) in [6.07, 6.45) is -2.89. The minimum absolute atomic E-state index is 0.114. The Balaban J connectivity index is 1.96. The fourth-order valence-corrected chi connectivity index (χ4v) is 1.83. The number of methoxy groups -OCH3 is 1. The van der Waals surface area contributed by atoms with Crippen molar-refractivity contribution in [2.45, 2.75) is 12.7 Å². The molecule has 2 heterocycles. The standard InChI is InChI=1S/C10H9F3N4OS/c1-18-7-3-2-6(4-14-7)5-15-9-17-16-8(19-9)10(11,12)13/h2-4H,5H2,1H3,(H,15,17). The fraction of sp³-hybridized carbons (Fsp3) is 0.300. The van der Waals surface area contributed by atoms with E-state index in [9.17, 15) is 13.2 Å². The highest BCUT2D eigenvalue weighted by Gasteiger charge is 2.35. The average Bonchev–Trinajstić information content (AvgIpc) is 2.86. The van der Waals surface area contributed by atoms with Crippen LogP contribution in [0.25, 0.3) is 0 Å². The number of anilines is 1. The lowest BCUT2D eigenvalue weighted by Gasteiger charge is -2.03. The normalized spacial score (nSPS) is 11.4. The predicted molar refractivity (Wildman–Crippen MR) is 63.0 cm³/mol. The molecule has 19 heavy (non-hydrogen) atoms. The van der Waals surface area contributed by atoms with Crippen LogP contribution in [0, 0.1) is 0 Å². The summed E-state index contributed by atoms with van der Waals surface area (Å²) in [5.41, 5.74) is 0.796. The van der Waals surface area contributed by atoms with Gasteiger partial charge in [-0.3, -0.25) is 0 Å². The number of pyridine rings is 1. The highest BCUT2D eigenvalue weighted by atomic mass is 32.1. The van der Waals surface area contributed by atoms with E-state index in [0.717, 1.165) is 5.56 Å². The van der Waals surface area contributed by atoms with Gasteiger partial charge in [-0.15, -0.1) is 10.2 Å². The van der Waals surface area contributed by atoms with Crippen molar-refractivity contribution in [2.24, 2.45) is 0 Å². The number of rotatable bonds is 4. The molecule has 0 radical (unpaired) electrons. The number of hydrogen-bond acceptors (Lipinski definition) is 6. The molecule has 2 aromatic rings. The van der Waals surface area contributed by atoms with Gasteiger partial charge in [0.1, 0.15) is 0 Å². The summed E-state index contributed by atoms with van der Waals surface area (Å²) in [4.78, 5) is 3.98.